The third kappa shape index (κ3) is 2.76. The molecule has 0 N–H and O–H groups in total. The standard InChI is InChI=1S/C14H18N4/c1-2-6-13(7-3-1)10-18-12-14(15-16-18)11-17-8-4-5-9-17/h1-3,6-7,12H,4-5,8-11H2. The number of likely N-dealkylation sites (tertiary alicyclic amines) is 1. The van der Waals surface area contributed by atoms with Gasteiger partial charge in [0.2, 0.25) is 0 Å². The zero-order valence-corrected chi connectivity index (χ0v) is 10.5. The van der Waals surface area contributed by atoms with Gasteiger partial charge in [0.05, 0.1) is 18.4 Å². The normalized spacial score (nSPS) is 16.2. The first kappa shape index (κ1) is 11.4. The van der Waals surface area contributed by atoms with Gasteiger partial charge in [-0.25, -0.2) is 4.68 Å². The third-order valence-corrected chi connectivity index (χ3v) is 3.36. The van der Waals surface area contributed by atoms with Crippen molar-refractivity contribution in [2.75, 3.05) is 13.1 Å². The van der Waals surface area contributed by atoms with Crippen molar-refractivity contribution < 1.29 is 0 Å². The van der Waals surface area contributed by atoms with Crippen LogP contribution in [0.15, 0.2) is 36.5 Å². The highest BCUT2D eigenvalue weighted by Gasteiger charge is 2.13. The van der Waals surface area contributed by atoms with Crippen LogP contribution in [0.2, 0.25) is 0 Å². The van der Waals surface area contributed by atoms with Crippen molar-refractivity contribution in [3.05, 3.63) is 47.8 Å². The first-order chi connectivity index (χ1) is 8.90. The van der Waals surface area contributed by atoms with E-state index in [0.717, 1.165) is 18.8 Å². The molecule has 4 heteroatoms. The molecular formula is C14H18N4. The summed E-state index contributed by atoms with van der Waals surface area (Å²) in [7, 11) is 0. The second-order valence-electron chi connectivity index (χ2n) is 4.88. The van der Waals surface area contributed by atoms with Crippen LogP contribution in [0.3, 0.4) is 0 Å². The van der Waals surface area contributed by atoms with Crippen LogP contribution in [0.5, 0.6) is 0 Å². The lowest BCUT2D eigenvalue weighted by molar-refractivity contribution is 0.327. The summed E-state index contributed by atoms with van der Waals surface area (Å²) >= 11 is 0. The van der Waals surface area contributed by atoms with Gasteiger partial charge in [-0.05, 0) is 31.5 Å². The first-order valence-electron chi connectivity index (χ1n) is 6.55. The molecule has 0 amide bonds. The van der Waals surface area contributed by atoms with E-state index >= 15 is 0 Å². The van der Waals surface area contributed by atoms with Gasteiger partial charge in [0.1, 0.15) is 0 Å². The lowest BCUT2D eigenvalue weighted by Crippen LogP contribution is -2.18. The number of hydrogen-bond donors (Lipinski definition) is 0. The molecule has 1 aromatic carbocycles. The van der Waals surface area contributed by atoms with Gasteiger partial charge in [0, 0.05) is 6.54 Å². The maximum atomic E-state index is 4.25. The molecule has 1 aromatic heterocycles. The Kier molecular flexibility index (Phi) is 3.37. The average molecular weight is 242 g/mol. The topological polar surface area (TPSA) is 34.0 Å². The van der Waals surface area contributed by atoms with E-state index in [2.05, 4.69) is 45.7 Å². The Balaban J connectivity index is 1.62. The van der Waals surface area contributed by atoms with E-state index in [4.69, 9.17) is 0 Å². The Bertz CT molecular complexity index is 486. The molecule has 0 radical (unpaired) electrons. The quantitative estimate of drug-likeness (QED) is 0.821. The predicted octanol–water partition coefficient (Wildman–Crippen LogP) is 1.92. The van der Waals surface area contributed by atoms with E-state index in [1.807, 2.05) is 10.7 Å². The van der Waals surface area contributed by atoms with E-state index in [-0.39, 0.29) is 0 Å². The van der Waals surface area contributed by atoms with Crippen LogP contribution in [0.4, 0.5) is 0 Å². The van der Waals surface area contributed by atoms with Crippen molar-refractivity contribution in [3.63, 3.8) is 0 Å². The maximum absolute atomic E-state index is 4.25. The van der Waals surface area contributed by atoms with Crippen molar-refractivity contribution in [3.8, 4) is 0 Å². The molecule has 1 aliphatic rings. The van der Waals surface area contributed by atoms with Crippen molar-refractivity contribution in [2.45, 2.75) is 25.9 Å². The largest absolute Gasteiger partial charge is 0.297 e. The third-order valence-electron chi connectivity index (χ3n) is 3.36. The van der Waals surface area contributed by atoms with Crippen molar-refractivity contribution in [1.29, 1.82) is 0 Å². The molecule has 1 saturated heterocycles. The molecule has 0 aliphatic carbocycles. The molecular weight excluding hydrogens is 224 g/mol. The zero-order chi connectivity index (χ0) is 12.2. The van der Waals surface area contributed by atoms with Gasteiger partial charge in [-0.15, -0.1) is 5.10 Å². The summed E-state index contributed by atoms with van der Waals surface area (Å²) in [5, 5.41) is 8.44. The minimum atomic E-state index is 0.799. The molecule has 3 rings (SSSR count). The van der Waals surface area contributed by atoms with E-state index in [1.54, 1.807) is 0 Å². The fraction of sp³-hybridized carbons (Fsp3) is 0.429. The van der Waals surface area contributed by atoms with Gasteiger partial charge < -0.3 is 0 Å². The van der Waals surface area contributed by atoms with Crippen molar-refractivity contribution in [1.82, 2.24) is 19.9 Å². The Morgan fingerprint density at radius 1 is 1.00 bits per heavy atom. The molecule has 0 saturated carbocycles. The van der Waals surface area contributed by atoms with Gasteiger partial charge in [-0.3, -0.25) is 4.90 Å². The van der Waals surface area contributed by atoms with Crippen molar-refractivity contribution >= 4 is 0 Å². The molecule has 94 valence electrons. The number of aromatic nitrogens is 3. The van der Waals surface area contributed by atoms with Crippen LogP contribution in [-0.2, 0) is 13.1 Å². The molecule has 0 atom stereocenters. The Hall–Kier alpha value is -1.68. The van der Waals surface area contributed by atoms with E-state index in [9.17, 15) is 0 Å². The SMILES string of the molecule is c1ccc(Cn2cc(CN3CCCC3)nn2)cc1. The maximum Gasteiger partial charge on any atom is 0.0967 e. The molecule has 1 aliphatic heterocycles. The Morgan fingerprint density at radius 2 is 1.78 bits per heavy atom. The van der Waals surface area contributed by atoms with Crippen LogP contribution in [0.25, 0.3) is 0 Å². The summed E-state index contributed by atoms with van der Waals surface area (Å²) in [5.41, 5.74) is 2.34. The molecule has 0 bridgehead atoms. The number of rotatable bonds is 4. The smallest absolute Gasteiger partial charge is 0.0967 e. The number of benzene rings is 1. The summed E-state index contributed by atoms with van der Waals surface area (Å²) in [6.07, 6.45) is 4.70. The summed E-state index contributed by atoms with van der Waals surface area (Å²) in [6, 6.07) is 10.4. The highest BCUT2D eigenvalue weighted by molar-refractivity contribution is 5.14. The van der Waals surface area contributed by atoms with E-state index < -0.39 is 0 Å². The van der Waals surface area contributed by atoms with Crippen molar-refractivity contribution in [2.24, 2.45) is 0 Å². The minimum absolute atomic E-state index is 0.799. The molecule has 0 unspecified atom stereocenters. The fourth-order valence-electron chi connectivity index (χ4n) is 2.43. The Labute approximate surface area is 107 Å². The lowest BCUT2D eigenvalue weighted by Gasteiger charge is -2.11. The van der Waals surface area contributed by atoms with Crippen LogP contribution in [0.1, 0.15) is 24.1 Å². The number of hydrogen-bond acceptors (Lipinski definition) is 3. The van der Waals surface area contributed by atoms with Gasteiger partial charge in [0.25, 0.3) is 0 Å². The van der Waals surface area contributed by atoms with Crippen LogP contribution in [-0.4, -0.2) is 33.0 Å². The molecule has 2 heterocycles. The highest BCUT2D eigenvalue weighted by Crippen LogP contribution is 2.11. The zero-order valence-electron chi connectivity index (χ0n) is 10.5. The molecule has 4 nitrogen and oxygen atoms in total. The molecule has 1 fully saturated rings. The fourth-order valence-corrected chi connectivity index (χ4v) is 2.43. The first-order valence-corrected chi connectivity index (χ1v) is 6.55. The highest BCUT2D eigenvalue weighted by atomic mass is 15.4. The second kappa shape index (κ2) is 5.31. The minimum Gasteiger partial charge on any atom is -0.297 e. The molecule has 18 heavy (non-hydrogen) atoms. The number of nitrogens with zero attached hydrogens (tertiary/aromatic N) is 4. The van der Waals surface area contributed by atoms with E-state index in [0.29, 0.717) is 0 Å². The predicted molar refractivity (Wildman–Crippen MR) is 70.1 cm³/mol. The monoisotopic (exact) mass is 242 g/mol. The van der Waals surface area contributed by atoms with Gasteiger partial charge in [-0.1, -0.05) is 35.5 Å². The Morgan fingerprint density at radius 3 is 2.56 bits per heavy atom. The second-order valence-corrected chi connectivity index (χ2v) is 4.88. The van der Waals surface area contributed by atoms with Crippen LogP contribution in [0, 0.1) is 0 Å². The average Bonchev–Trinajstić information content (AvgIpc) is 3.03. The summed E-state index contributed by atoms with van der Waals surface area (Å²) in [6.45, 7) is 4.14. The van der Waals surface area contributed by atoms with E-state index in [1.165, 1.54) is 31.5 Å². The van der Waals surface area contributed by atoms with Crippen LogP contribution >= 0.6 is 0 Å². The molecule has 0 spiro atoms. The summed E-state index contributed by atoms with van der Waals surface area (Å²) < 4.78 is 1.92. The summed E-state index contributed by atoms with van der Waals surface area (Å²) in [5.74, 6) is 0. The van der Waals surface area contributed by atoms with Crippen LogP contribution < -0.4 is 0 Å². The van der Waals surface area contributed by atoms with Gasteiger partial charge in [-0.2, -0.15) is 0 Å². The summed E-state index contributed by atoms with van der Waals surface area (Å²) in [4.78, 5) is 2.44. The lowest BCUT2D eigenvalue weighted by atomic mass is 10.2. The van der Waals surface area contributed by atoms with Gasteiger partial charge >= 0.3 is 0 Å². The molecule has 2 aromatic rings. The van der Waals surface area contributed by atoms with Gasteiger partial charge in [0.15, 0.2) is 0 Å².